The molecule has 8 unspecified atom stereocenters. The minimum atomic E-state index is -2.20. The van der Waals surface area contributed by atoms with Gasteiger partial charge in [0.05, 0.1) is 10.0 Å². The summed E-state index contributed by atoms with van der Waals surface area (Å²) in [6.07, 6.45) is -2.40. The second kappa shape index (κ2) is 23.1. The first kappa shape index (κ1) is 58.8. The first-order valence-electron chi connectivity index (χ1n) is 26.1. The maximum Gasteiger partial charge on any atom is 0.330 e. The predicted molar refractivity (Wildman–Crippen MR) is 308 cm³/mol. The van der Waals surface area contributed by atoms with Gasteiger partial charge in [-0.1, -0.05) is 53.5 Å². The van der Waals surface area contributed by atoms with Crippen LogP contribution < -0.4 is 51.4 Å². The first-order valence-corrected chi connectivity index (χ1v) is 27.6. The smallest absolute Gasteiger partial charge is 0.330 e. The van der Waals surface area contributed by atoms with Crippen molar-refractivity contribution in [3.63, 3.8) is 0 Å². The second-order valence-corrected chi connectivity index (χ2v) is 22.0. The van der Waals surface area contributed by atoms with Crippen LogP contribution in [0.2, 0.25) is 10.0 Å². The summed E-state index contributed by atoms with van der Waals surface area (Å²) in [5.74, 6) is -14.7. The van der Waals surface area contributed by atoms with Crippen LogP contribution in [-0.4, -0.2) is 101 Å². The summed E-state index contributed by atoms with van der Waals surface area (Å²) < 4.78 is 18.1. The molecular weight excluding hydrogens is 1250 g/mol. The molecule has 6 heterocycles. The van der Waals surface area contributed by atoms with E-state index in [1.54, 1.807) is 0 Å². The van der Waals surface area contributed by atoms with Crippen molar-refractivity contribution in [3.05, 3.63) is 163 Å². The maximum atomic E-state index is 15.8. The molecule has 7 aromatic rings. The van der Waals surface area contributed by atoms with Crippen molar-refractivity contribution in [2.75, 3.05) is 7.05 Å². The number of rotatable bonds is 2. The molecule has 17 bridgehead atoms. The first-order chi connectivity index (χ1) is 41.5. The van der Waals surface area contributed by atoms with Gasteiger partial charge in [-0.15, -0.1) is 0 Å². The fraction of sp³-hybridized carbons (Fsp3) is 0.169. The Morgan fingerprint density at radius 2 is 1.16 bits per heavy atom. The number of likely N-dealkylation sites (N-methyl/N-ethyl adjacent to an activating group) is 1. The number of fused-ring (bicyclic) bond motifs is 14. The standard InChI is InChI=1S/C59H46BrCl2N7O18/c1-63-44-23-5-10-34(71)38(15-23)86-27-18-30(43(62)36(73)19-27)47-57(81)66-46-25-16-39(85-26-7-2-21(3-8-26)12-32(53(77)67-47)64-54(44)78)51(75)40(17-25)87-37-11-6-24(14-31(37)61)50(74)49-58(82)68-48(59(83)84)29-20-35(72)42(60)52(76)41(29)28-13-22(4-9-33(28)70)45(55(79)69-49)65-56(46)80/h2-11,13-20,32,44-50,63,70-76H,12H2,1H3,(H,64,78)(H,65,80)(H,66,81)(H,67,77)(H,68,82)(H,69,79)(H,83,84). The third-order valence-electron chi connectivity index (χ3n) is 14.9. The molecule has 13 rings (SSSR count). The number of carboxylic acid groups (broad SMARTS) is 1. The van der Waals surface area contributed by atoms with E-state index in [0.717, 1.165) is 54.6 Å². The molecule has 28 heteroatoms. The molecular formula is C59H46BrCl2N7O18. The van der Waals surface area contributed by atoms with E-state index in [4.69, 9.17) is 37.4 Å². The van der Waals surface area contributed by atoms with Gasteiger partial charge in [0.15, 0.2) is 29.0 Å². The summed E-state index contributed by atoms with van der Waals surface area (Å²) in [6.45, 7) is 0. The molecule has 25 nitrogen and oxygen atoms in total. The van der Waals surface area contributed by atoms with Crippen molar-refractivity contribution in [1.82, 2.24) is 37.2 Å². The second-order valence-electron chi connectivity index (χ2n) is 20.4. The minimum absolute atomic E-state index is 0.0402. The van der Waals surface area contributed by atoms with Gasteiger partial charge in [0.1, 0.15) is 87.1 Å². The average Bonchev–Trinajstić information content (AvgIpc) is 1.01. The molecule has 6 aliphatic heterocycles. The Labute approximate surface area is 508 Å². The lowest BCUT2D eigenvalue weighted by Crippen LogP contribution is -2.55. The van der Waals surface area contributed by atoms with Crippen molar-refractivity contribution < 1.29 is 88.6 Å². The Bertz CT molecular complexity index is 4100. The van der Waals surface area contributed by atoms with E-state index in [9.17, 15) is 55.2 Å². The fourth-order valence-corrected chi connectivity index (χ4v) is 11.2. The topological polar surface area (TPSA) is 393 Å². The van der Waals surface area contributed by atoms with Gasteiger partial charge in [-0.3, -0.25) is 28.8 Å². The summed E-state index contributed by atoms with van der Waals surface area (Å²) in [5.41, 5.74) is -1.98. The highest BCUT2D eigenvalue weighted by Crippen LogP contribution is 2.50. The molecule has 15 N–H and O–H groups in total. The molecule has 0 aliphatic carbocycles. The number of aliphatic hydroxyl groups is 1. The Morgan fingerprint density at radius 3 is 1.86 bits per heavy atom. The number of aromatic hydroxyl groups is 6. The molecule has 6 aliphatic rings. The number of phenolic OH excluding ortho intramolecular Hbond substituents is 6. The molecule has 0 aromatic heterocycles. The van der Waals surface area contributed by atoms with Crippen molar-refractivity contribution in [3.8, 4) is 80.1 Å². The van der Waals surface area contributed by atoms with Crippen LogP contribution in [0.4, 0.5) is 0 Å². The van der Waals surface area contributed by atoms with E-state index in [1.807, 2.05) is 0 Å². The van der Waals surface area contributed by atoms with Gasteiger partial charge in [0, 0.05) is 34.7 Å². The molecule has 0 saturated heterocycles. The van der Waals surface area contributed by atoms with E-state index < -0.39 is 168 Å². The molecule has 87 heavy (non-hydrogen) atoms. The van der Waals surface area contributed by atoms with Crippen molar-refractivity contribution in [2.45, 2.75) is 54.8 Å². The van der Waals surface area contributed by atoms with Crippen molar-refractivity contribution in [1.29, 1.82) is 0 Å². The van der Waals surface area contributed by atoms with E-state index >= 15 is 19.2 Å². The van der Waals surface area contributed by atoms with Crippen LogP contribution in [0.15, 0.2) is 114 Å². The largest absolute Gasteiger partial charge is 0.507 e. The lowest BCUT2D eigenvalue weighted by Gasteiger charge is -2.31. The van der Waals surface area contributed by atoms with Crippen LogP contribution in [-0.2, 0) is 40.0 Å². The van der Waals surface area contributed by atoms with Crippen LogP contribution in [0, 0.1) is 0 Å². The SMILES string of the molecule is CNC1C(=O)NC2Cc3ccc(cc3)Oc3cc4cc(c3O)Oc3ccc(cc3Cl)C(O)C3NC(=O)C(NC(=O)C4NC(=O)C(NC2=O)c2cc(cc(O)c2Cl)Oc2cc1ccc2O)c1ccc(O)c(c1)-c1c(cc(O)c(Br)c1O)C(C(=O)O)NC3=O. The zero-order valence-corrected chi connectivity index (χ0v) is 47.6. The molecule has 0 radical (unpaired) electrons. The Morgan fingerprint density at radius 1 is 0.540 bits per heavy atom. The number of aliphatic carboxylic acids is 1. The fourth-order valence-electron chi connectivity index (χ4n) is 10.5. The number of carbonyl (C=O) groups excluding carboxylic acids is 6. The highest BCUT2D eigenvalue weighted by molar-refractivity contribution is 9.10. The number of hydrogen-bond donors (Lipinski definition) is 15. The van der Waals surface area contributed by atoms with Crippen LogP contribution in [0.5, 0.6) is 69.0 Å². The normalized spacial score (nSPS) is 21.8. The number of halogens is 3. The van der Waals surface area contributed by atoms with Gasteiger partial charge < -0.3 is 92.3 Å². The van der Waals surface area contributed by atoms with Crippen molar-refractivity contribution in [2.24, 2.45) is 0 Å². The highest BCUT2D eigenvalue weighted by Gasteiger charge is 2.42. The zero-order valence-electron chi connectivity index (χ0n) is 44.5. The number of aliphatic hydroxyl groups excluding tert-OH is 1. The number of amides is 6. The molecule has 0 spiro atoms. The van der Waals surface area contributed by atoms with Crippen molar-refractivity contribution >= 4 is 80.5 Å². The summed E-state index contributed by atoms with van der Waals surface area (Å²) in [5, 5.41) is 108. The lowest BCUT2D eigenvalue weighted by atomic mass is 9.89. The Hall–Kier alpha value is -9.99. The van der Waals surface area contributed by atoms with Gasteiger partial charge in [0.2, 0.25) is 41.2 Å². The number of ether oxygens (including phenoxy) is 3. The van der Waals surface area contributed by atoms with Crippen LogP contribution in [0.1, 0.15) is 75.3 Å². The maximum absolute atomic E-state index is 15.8. The predicted octanol–water partition coefficient (Wildman–Crippen LogP) is 6.01. The van der Waals surface area contributed by atoms with E-state index in [0.29, 0.717) is 5.56 Å². The third-order valence-corrected chi connectivity index (χ3v) is 16.3. The summed E-state index contributed by atoms with van der Waals surface area (Å²) in [6, 6.07) is 8.42. The Balaban J connectivity index is 1.15. The lowest BCUT2D eigenvalue weighted by molar-refractivity contribution is -0.143. The number of carboxylic acids is 1. The van der Waals surface area contributed by atoms with Gasteiger partial charge in [-0.05, 0) is 124 Å². The summed E-state index contributed by atoms with van der Waals surface area (Å²) in [7, 11) is 1.46. The van der Waals surface area contributed by atoms with Gasteiger partial charge in [-0.2, -0.15) is 0 Å². The van der Waals surface area contributed by atoms with Gasteiger partial charge in [-0.25, -0.2) is 4.79 Å². The third kappa shape index (κ3) is 11.2. The molecule has 446 valence electrons. The molecule has 0 saturated carbocycles. The monoisotopic (exact) mass is 1290 g/mol. The van der Waals surface area contributed by atoms with Gasteiger partial charge in [0.25, 0.3) is 0 Å². The summed E-state index contributed by atoms with van der Waals surface area (Å²) in [4.78, 5) is 104. The van der Waals surface area contributed by atoms with E-state index in [-0.39, 0.29) is 56.7 Å². The molecule has 7 aromatic carbocycles. The average molecular weight is 1290 g/mol. The quantitative estimate of drug-likeness (QED) is 0.0942. The van der Waals surface area contributed by atoms with Crippen LogP contribution in [0.3, 0.4) is 0 Å². The number of carbonyl (C=O) groups is 7. The van der Waals surface area contributed by atoms with Crippen LogP contribution in [0.25, 0.3) is 11.1 Å². The van der Waals surface area contributed by atoms with E-state index in [2.05, 4.69) is 53.1 Å². The zero-order chi connectivity index (χ0) is 62.0. The summed E-state index contributed by atoms with van der Waals surface area (Å²) >= 11 is 16.7. The van der Waals surface area contributed by atoms with Gasteiger partial charge >= 0.3 is 5.97 Å². The van der Waals surface area contributed by atoms with E-state index in [1.165, 1.54) is 61.6 Å². The molecule has 0 fully saturated rings. The van der Waals surface area contributed by atoms with Crippen LogP contribution >= 0.6 is 39.1 Å². The number of phenols is 6. The molecule has 8 atom stereocenters. The minimum Gasteiger partial charge on any atom is -0.507 e. The highest BCUT2D eigenvalue weighted by atomic mass is 79.9. The molecule has 6 amide bonds. The number of nitrogens with one attached hydrogen (secondary N) is 7. The number of hydrogen-bond acceptors (Lipinski definition) is 18. The Kier molecular flexibility index (Phi) is 15.6. The number of benzene rings is 7.